The van der Waals surface area contributed by atoms with Gasteiger partial charge in [0, 0.05) is 35.7 Å². The van der Waals surface area contributed by atoms with E-state index in [0.29, 0.717) is 42.3 Å². The average molecular weight is 539 g/mol. The predicted octanol–water partition coefficient (Wildman–Crippen LogP) is 6.34. The van der Waals surface area contributed by atoms with Gasteiger partial charge in [0.05, 0.1) is 12.3 Å². The molecule has 0 saturated carbocycles. The third kappa shape index (κ3) is 7.69. The Hall–Kier alpha value is -4.65. The summed E-state index contributed by atoms with van der Waals surface area (Å²) in [6.45, 7) is 6.25. The van der Waals surface area contributed by atoms with E-state index in [-0.39, 0.29) is 12.2 Å². The van der Waals surface area contributed by atoms with Crippen LogP contribution in [0.3, 0.4) is 0 Å². The van der Waals surface area contributed by atoms with Crippen LogP contribution in [-0.2, 0) is 17.6 Å². The van der Waals surface area contributed by atoms with Crippen molar-refractivity contribution < 1.29 is 23.8 Å². The first-order valence-electron chi connectivity index (χ1n) is 13.4. The van der Waals surface area contributed by atoms with Crippen molar-refractivity contribution in [1.82, 2.24) is 10.3 Å². The fourth-order valence-corrected chi connectivity index (χ4v) is 4.22. The fourth-order valence-electron chi connectivity index (χ4n) is 4.22. The lowest BCUT2D eigenvalue weighted by Gasteiger charge is -2.18. The van der Waals surface area contributed by atoms with Gasteiger partial charge in [0.2, 0.25) is 5.89 Å². The molecule has 1 atom stereocenters. The summed E-state index contributed by atoms with van der Waals surface area (Å²) in [6, 6.07) is 23.5. The maximum Gasteiger partial charge on any atom is 0.326 e. The molecule has 40 heavy (non-hydrogen) atoms. The van der Waals surface area contributed by atoms with Crippen LogP contribution in [0.5, 0.6) is 5.75 Å². The second-order valence-electron chi connectivity index (χ2n) is 9.62. The standard InChI is InChI=1S/C33H34N2O5/c1-4-27(21-31(36)25-8-6-5-7-9-25)34-30(33(37)38)20-24-12-16-28(17-13-24)39-19-18-29-23(3)40-32(35-29)26-14-10-22(2)11-15-26/h5-17,21,30,34H,4,18-20H2,1-3H3,(H,37,38)/b27-21-/t30-/m0/s1. The third-order valence-corrected chi connectivity index (χ3v) is 6.56. The van der Waals surface area contributed by atoms with E-state index in [9.17, 15) is 14.7 Å². The van der Waals surface area contributed by atoms with Gasteiger partial charge in [-0.05, 0) is 50.1 Å². The molecule has 0 fully saturated rings. The minimum Gasteiger partial charge on any atom is -0.493 e. The number of aryl methyl sites for hydroxylation is 2. The number of nitrogens with zero attached hydrogens (tertiary/aromatic N) is 1. The van der Waals surface area contributed by atoms with Gasteiger partial charge in [-0.25, -0.2) is 9.78 Å². The quantitative estimate of drug-likeness (QED) is 0.151. The minimum absolute atomic E-state index is 0.164. The van der Waals surface area contributed by atoms with Crippen molar-refractivity contribution in [2.75, 3.05) is 6.61 Å². The largest absolute Gasteiger partial charge is 0.493 e. The Morgan fingerprint density at radius 2 is 1.70 bits per heavy atom. The molecule has 4 rings (SSSR count). The Morgan fingerprint density at radius 1 is 1.00 bits per heavy atom. The molecule has 0 bridgehead atoms. The molecular weight excluding hydrogens is 504 g/mol. The second kappa shape index (κ2) is 13.4. The fraction of sp³-hybridized carbons (Fsp3) is 0.242. The van der Waals surface area contributed by atoms with E-state index in [2.05, 4.69) is 10.3 Å². The molecule has 0 aliphatic carbocycles. The van der Waals surface area contributed by atoms with Gasteiger partial charge in [-0.2, -0.15) is 0 Å². The molecule has 0 aliphatic heterocycles. The normalized spacial score (nSPS) is 12.1. The highest BCUT2D eigenvalue weighted by Crippen LogP contribution is 2.23. The molecule has 7 heteroatoms. The summed E-state index contributed by atoms with van der Waals surface area (Å²) in [6.07, 6.45) is 2.84. The molecule has 1 aromatic heterocycles. The third-order valence-electron chi connectivity index (χ3n) is 6.56. The van der Waals surface area contributed by atoms with Gasteiger partial charge in [0.15, 0.2) is 5.78 Å². The van der Waals surface area contributed by atoms with E-state index in [1.807, 2.05) is 75.4 Å². The Kier molecular flexibility index (Phi) is 9.52. The number of hydrogen-bond donors (Lipinski definition) is 2. The first-order valence-corrected chi connectivity index (χ1v) is 13.4. The maximum absolute atomic E-state index is 12.5. The van der Waals surface area contributed by atoms with Gasteiger partial charge in [-0.1, -0.05) is 67.1 Å². The van der Waals surface area contributed by atoms with E-state index in [0.717, 1.165) is 22.6 Å². The zero-order valence-electron chi connectivity index (χ0n) is 23.0. The van der Waals surface area contributed by atoms with Gasteiger partial charge >= 0.3 is 5.97 Å². The van der Waals surface area contributed by atoms with Crippen molar-refractivity contribution in [3.05, 3.63) is 119 Å². The van der Waals surface area contributed by atoms with Gasteiger partial charge < -0.3 is 19.6 Å². The van der Waals surface area contributed by atoms with Gasteiger partial charge in [-0.15, -0.1) is 0 Å². The van der Waals surface area contributed by atoms with Crippen molar-refractivity contribution >= 4 is 11.8 Å². The molecule has 0 saturated heterocycles. The number of carbonyl (C=O) groups is 2. The Bertz CT molecular complexity index is 1460. The molecule has 1 heterocycles. The van der Waals surface area contributed by atoms with Crippen molar-refractivity contribution in [2.45, 2.75) is 46.1 Å². The van der Waals surface area contributed by atoms with Crippen LogP contribution in [-0.4, -0.2) is 34.5 Å². The molecule has 4 aromatic rings. The van der Waals surface area contributed by atoms with Crippen molar-refractivity contribution in [2.24, 2.45) is 0 Å². The topological polar surface area (TPSA) is 102 Å². The number of nitrogens with one attached hydrogen (secondary N) is 1. The zero-order chi connectivity index (χ0) is 28.5. The number of carboxylic acids is 1. The molecule has 0 unspecified atom stereocenters. The summed E-state index contributed by atoms with van der Waals surface area (Å²) >= 11 is 0. The highest BCUT2D eigenvalue weighted by atomic mass is 16.5. The number of ketones is 1. The summed E-state index contributed by atoms with van der Waals surface area (Å²) in [5.74, 6) is 0.908. The van der Waals surface area contributed by atoms with Crippen LogP contribution in [0.15, 0.2) is 95.1 Å². The van der Waals surface area contributed by atoms with E-state index >= 15 is 0 Å². The highest BCUT2D eigenvalue weighted by molar-refractivity contribution is 6.04. The maximum atomic E-state index is 12.5. The van der Waals surface area contributed by atoms with E-state index in [4.69, 9.17) is 9.15 Å². The van der Waals surface area contributed by atoms with E-state index in [1.165, 1.54) is 11.6 Å². The van der Waals surface area contributed by atoms with Gasteiger partial charge in [-0.3, -0.25) is 4.79 Å². The SMILES string of the molecule is CC/C(=C/C(=O)c1ccccc1)N[C@@H](Cc1ccc(OCCc2nc(-c3ccc(C)cc3)oc2C)cc1)C(=O)O. The molecule has 206 valence electrons. The minimum atomic E-state index is -0.986. The summed E-state index contributed by atoms with van der Waals surface area (Å²) < 4.78 is 11.8. The lowest BCUT2D eigenvalue weighted by molar-refractivity contribution is -0.139. The molecule has 0 radical (unpaired) electrons. The van der Waals surface area contributed by atoms with Crippen LogP contribution in [0.2, 0.25) is 0 Å². The smallest absolute Gasteiger partial charge is 0.326 e. The molecule has 0 spiro atoms. The number of aliphatic carboxylic acids is 1. The monoisotopic (exact) mass is 538 g/mol. The van der Waals surface area contributed by atoms with Crippen molar-refractivity contribution in [3.63, 3.8) is 0 Å². The number of oxazole rings is 1. The van der Waals surface area contributed by atoms with Crippen LogP contribution in [0.4, 0.5) is 0 Å². The van der Waals surface area contributed by atoms with Crippen LogP contribution in [0.25, 0.3) is 11.5 Å². The zero-order valence-corrected chi connectivity index (χ0v) is 23.0. The van der Waals surface area contributed by atoms with E-state index in [1.54, 1.807) is 24.3 Å². The predicted molar refractivity (Wildman–Crippen MR) is 154 cm³/mol. The van der Waals surface area contributed by atoms with Crippen LogP contribution >= 0.6 is 0 Å². The summed E-state index contributed by atoms with van der Waals surface area (Å²) in [5.41, 5.74) is 4.95. The first kappa shape index (κ1) is 28.4. The second-order valence-corrected chi connectivity index (χ2v) is 9.62. The van der Waals surface area contributed by atoms with Crippen LogP contribution < -0.4 is 10.1 Å². The number of hydrogen-bond acceptors (Lipinski definition) is 6. The number of carboxylic acid groups (broad SMARTS) is 1. The molecule has 7 nitrogen and oxygen atoms in total. The van der Waals surface area contributed by atoms with Crippen LogP contribution in [0.1, 0.15) is 46.3 Å². The molecule has 0 amide bonds. The first-order chi connectivity index (χ1) is 19.3. The Morgan fingerprint density at radius 3 is 2.35 bits per heavy atom. The van der Waals surface area contributed by atoms with Crippen molar-refractivity contribution in [1.29, 1.82) is 0 Å². The number of ether oxygens (including phenoxy) is 1. The number of benzene rings is 3. The van der Waals surface area contributed by atoms with Crippen LogP contribution in [0, 0.1) is 13.8 Å². The van der Waals surface area contributed by atoms with E-state index < -0.39 is 12.0 Å². The van der Waals surface area contributed by atoms with Crippen molar-refractivity contribution in [3.8, 4) is 17.2 Å². The number of aromatic nitrogens is 1. The molecule has 3 aromatic carbocycles. The summed E-state index contributed by atoms with van der Waals surface area (Å²) in [4.78, 5) is 29.2. The average Bonchev–Trinajstić information content (AvgIpc) is 3.33. The number of allylic oxidation sites excluding steroid dienone is 2. The summed E-state index contributed by atoms with van der Waals surface area (Å²) in [5, 5.41) is 12.8. The highest BCUT2D eigenvalue weighted by Gasteiger charge is 2.19. The molecule has 2 N–H and O–H groups in total. The molecule has 0 aliphatic rings. The Balaban J connectivity index is 1.32. The Labute approximate surface area is 234 Å². The van der Waals surface area contributed by atoms with Gasteiger partial charge in [0.1, 0.15) is 17.6 Å². The number of rotatable bonds is 13. The number of carbonyl (C=O) groups excluding carboxylic acids is 1. The van der Waals surface area contributed by atoms with Gasteiger partial charge in [0.25, 0.3) is 0 Å². The molecular formula is C33H34N2O5. The lowest BCUT2D eigenvalue weighted by Crippen LogP contribution is -2.38. The lowest BCUT2D eigenvalue weighted by atomic mass is 10.0. The summed E-state index contributed by atoms with van der Waals surface area (Å²) in [7, 11) is 0.